The highest BCUT2D eigenvalue weighted by Crippen LogP contribution is 2.54. The fourth-order valence-electron chi connectivity index (χ4n) is 4.69. The van der Waals surface area contributed by atoms with Gasteiger partial charge in [0.1, 0.15) is 22.5 Å². The molecule has 2 aromatic rings. The first-order valence-electron chi connectivity index (χ1n) is 10.5. The van der Waals surface area contributed by atoms with Gasteiger partial charge < -0.3 is 25.2 Å². The van der Waals surface area contributed by atoms with Gasteiger partial charge in [-0.2, -0.15) is 0 Å². The van der Waals surface area contributed by atoms with E-state index in [1.807, 2.05) is 55.3 Å². The lowest BCUT2D eigenvalue weighted by atomic mass is 9.73. The predicted molar refractivity (Wildman–Crippen MR) is 121 cm³/mol. The largest absolute Gasteiger partial charge is 0.496 e. The van der Waals surface area contributed by atoms with Crippen molar-refractivity contribution in [1.29, 1.82) is 0 Å². The van der Waals surface area contributed by atoms with E-state index < -0.39 is 28.9 Å². The minimum absolute atomic E-state index is 0.210. The maximum atomic E-state index is 13.2. The Labute approximate surface area is 191 Å². The molecule has 1 amide bonds. The second-order valence-corrected chi connectivity index (χ2v) is 10.1. The van der Waals surface area contributed by atoms with Crippen molar-refractivity contribution >= 4 is 23.2 Å². The SMILES string of the molecule is COc1cc2c(cc1CO)C1N(CC2)C(C(=O)OC(C)(C)C)=CC1(C(N)=O)c1cccs1. The number of benzene rings is 1. The summed E-state index contributed by atoms with van der Waals surface area (Å²) in [5.41, 5.74) is 6.96. The molecule has 1 aromatic carbocycles. The van der Waals surface area contributed by atoms with E-state index in [0.717, 1.165) is 16.0 Å². The Balaban J connectivity index is 1.94. The van der Waals surface area contributed by atoms with Gasteiger partial charge in [0.05, 0.1) is 19.8 Å². The fourth-order valence-corrected chi connectivity index (χ4v) is 5.62. The molecule has 0 bridgehead atoms. The zero-order valence-electron chi connectivity index (χ0n) is 18.7. The maximum Gasteiger partial charge on any atom is 0.354 e. The standard InChI is InChI=1S/C24H28N2O5S/c1-23(2,3)31-21(28)17-12-24(22(25)29,19-6-5-9-32-19)20-16-10-15(13-27)18(30-4)11-14(16)7-8-26(17)20/h5-6,9-12,20,27H,7-8,13H2,1-4H3,(H2,25,29). The first-order chi connectivity index (χ1) is 15.1. The molecule has 3 heterocycles. The number of fused-ring (bicyclic) bond motifs is 3. The summed E-state index contributed by atoms with van der Waals surface area (Å²) in [6.45, 7) is 5.74. The van der Waals surface area contributed by atoms with Gasteiger partial charge >= 0.3 is 5.97 Å². The van der Waals surface area contributed by atoms with Gasteiger partial charge in [0, 0.05) is 17.0 Å². The molecular formula is C24H28N2O5S. The Morgan fingerprint density at radius 1 is 1.34 bits per heavy atom. The van der Waals surface area contributed by atoms with Gasteiger partial charge in [-0.25, -0.2) is 4.79 Å². The van der Waals surface area contributed by atoms with E-state index in [1.165, 1.54) is 11.3 Å². The topological polar surface area (TPSA) is 102 Å². The Morgan fingerprint density at radius 3 is 2.66 bits per heavy atom. The molecule has 4 rings (SSSR count). The summed E-state index contributed by atoms with van der Waals surface area (Å²) >= 11 is 1.42. The molecule has 0 radical (unpaired) electrons. The summed E-state index contributed by atoms with van der Waals surface area (Å²) in [6, 6.07) is 6.98. The maximum absolute atomic E-state index is 13.2. The van der Waals surface area contributed by atoms with E-state index >= 15 is 0 Å². The van der Waals surface area contributed by atoms with Gasteiger partial charge in [0.15, 0.2) is 0 Å². The van der Waals surface area contributed by atoms with Gasteiger partial charge in [0.25, 0.3) is 0 Å². The van der Waals surface area contributed by atoms with E-state index in [2.05, 4.69) is 0 Å². The van der Waals surface area contributed by atoms with Crippen LogP contribution in [0.2, 0.25) is 0 Å². The molecule has 2 aliphatic rings. The molecule has 0 saturated heterocycles. The summed E-state index contributed by atoms with van der Waals surface area (Å²) in [4.78, 5) is 29.0. The predicted octanol–water partition coefficient (Wildman–Crippen LogP) is 2.81. The molecule has 1 aromatic heterocycles. The summed E-state index contributed by atoms with van der Waals surface area (Å²) < 4.78 is 11.1. The van der Waals surface area contributed by atoms with Crippen molar-refractivity contribution in [1.82, 2.24) is 4.90 Å². The minimum Gasteiger partial charge on any atom is -0.496 e. The van der Waals surface area contributed by atoms with Crippen molar-refractivity contribution in [2.75, 3.05) is 13.7 Å². The highest BCUT2D eigenvalue weighted by Gasteiger charge is 2.57. The molecule has 7 nitrogen and oxygen atoms in total. The number of primary amides is 1. The number of amides is 1. The molecular weight excluding hydrogens is 428 g/mol. The van der Waals surface area contributed by atoms with Crippen LogP contribution in [0, 0.1) is 0 Å². The second kappa shape index (κ2) is 7.94. The lowest BCUT2D eigenvalue weighted by Crippen LogP contribution is -2.48. The zero-order valence-corrected chi connectivity index (χ0v) is 19.5. The molecule has 8 heteroatoms. The number of thiophene rings is 1. The van der Waals surface area contributed by atoms with Crippen LogP contribution in [0.5, 0.6) is 5.75 Å². The van der Waals surface area contributed by atoms with Crippen molar-refractivity contribution in [3.05, 3.63) is 63.0 Å². The van der Waals surface area contributed by atoms with Crippen LogP contribution in [0.1, 0.15) is 48.4 Å². The average Bonchev–Trinajstić information content (AvgIpc) is 3.38. The van der Waals surface area contributed by atoms with Crippen LogP contribution in [-0.2, 0) is 32.8 Å². The van der Waals surface area contributed by atoms with Gasteiger partial charge in [-0.1, -0.05) is 6.07 Å². The number of esters is 1. The highest BCUT2D eigenvalue weighted by atomic mass is 32.1. The van der Waals surface area contributed by atoms with Crippen molar-refractivity contribution in [3.8, 4) is 5.75 Å². The molecule has 3 N–H and O–H groups in total. The smallest absolute Gasteiger partial charge is 0.354 e. The van der Waals surface area contributed by atoms with Gasteiger partial charge in [-0.15, -0.1) is 11.3 Å². The van der Waals surface area contributed by atoms with Crippen LogP contribution in [0.25, 0.3) is 0 Å². The molecule has 170 valence electrons. The van der Waals surface area contributed by atoms with Crippen LogP contribution < -0.4 is 10.5 Å². The summed E-state index contributed by atoms with van der Waals surface area (Å²) in [7, 11) is 1.56. The Morgan fingerprint density at radius 2 is 2.09 bits per heavy atom. The van der Waals surface area contributed by atoms with Gasteiger partial charge in [-0.05, 0) is 68.0 Å². The molecule has 0 aliphatic carbocycles. The fraction of sp³-hybridized carbons (Fsp3) is 0.417. The van der Waals surface area contributed by atoms with E-state index in [0.29, 0.717) is 30.0 Å². The van der Waals surface area contributed by atoms with Crippen LogP contribution in [0.15, 0.2) is 41.4 Å². The van der Waals surface area contributed by atoms with Crippen molar-refractivity contribution in [2.45, 2.75) is 50.9 Å². The number of aliphatic hydroxyl groups is 1. The number of methoxy groups -OCH3 is 1. The minimum atomic E-state index is -1.24. The van der Waals surface area contributed by atoms with Crippen LogP contribution in [0.3, 0.4) is 0 Å². The number of rotatable bonds is 5. The lowest BCUT2D eigenvalue weighted by Gasteiger charge is -2.42. The highest BCUT2D eigenvalue weighted by molar-refractivity contribution is 7.10. The molecule has 2 aliphatic heterocycles. The molecule has 32 heavy (non-hydrogen) atoms. The van der Waals surface area contributed by atoms with Crippen molar-refractivity contribution < 1.29 is 24.2 Å². The van der Waals surface area contributed by atoms with Crippen molar-refractivity contribution in [3.63, 3.8) is 0 Å². The second-order valence-electron chi connectivity index (χ2n) is 9.11. The molecule has 0 saturated carbocycles. The molecule has 0 spiro atoms. The third kappa shape index (κ3) is 3.47. The number of hydrogen-bond acceptors (Lipinski definition) is 7. The normalized spacial score (nSPS) is 22.1. The summed E-state index contributed by atoms with van der Waals surface area (Å²) in [6.07, 6.45) is 2.32. The molecule has 0 fully saturated rings. The summed E-state index contributed by atoms with van der Waals surface area (Å²) in [5, 5.41) is 11.8. The van der Waals surface area contributed by atoms with E-state index in [9.17, 15) is 14.7 Å². The number of nitrogens with two attached hydrogens (primary N) is 1. The van der Waals surface area contributed by atoms with Crippen LogP contribution >= 0.6 is 11.3 Å². The van der Waals surface area contributed by atoms with E-state index in [1.54, 1.807) is 13.2 Å². The monoisotopic (exact) mass is 456 g/mol. The Hall–Kier alpha value is -2.84. The third-order valence-electron chi connectivity index (χ3n) is 5.99. The van der Waals surface area contributed by atoms with Gasteiger partial charge in [-0.3, -0.25) is 4.79 Å². The van der Waals surface area contributed by atoms with E-state index in [-0.39, 0.29) is 6.61 Å². The van der Waals surface area contributed by atoms with Gasteiger partial charge in [0.2, 0.25) is 5.91 Å². The zero-order chi connectivity index (χ0) is 23.3. The number of hydrogen-bond donors (Lipinski definition) is 2. The van der Waals surface area contributed by atoms with Crippen LogP contribution in [-0.4, -0.2) is 41.1 Å². The Bertz CT molecular complexity index is 1090. The van der Waals surface area contributed by atoms with E-state index in [4.69, 9.17) is 15.2 Å². The Kier molecular flexibility index (Phi) is 5.55. The van der Waals surface area contributed by atoms with Crippen LogP contribution in [0.4, 0.5) is 0 Å². The number of aliphatic hydroxyl groups excluding tert-OH is 1. The first kappa shape index (κ1) is 22.4. The number of nitrogens with zero attached hydrogens (tertiary/aromatic N) is 1. The lowest BCUT2D eigenvalue weighted by molar-refractivity contribution is -0.152. The molecule has 2 unspecified atom stereocenters. The third-order valence-corrected chi connectivity index (χ3v) is 7.01. The molecule has 2 atom stereocenters. The van der Waals surface area contributed by atoms with Crippen molar-refractivity contribution in [2.24, 2.45) is 5.73 Å². The summed E-state index contributed by atoms with van der Waals surface area (Å²) in [5.74, 6) is -0.428. The number of carbonyl (C=O) groups excluding carboxylic acids is 2. The quantitative estimate of drug-likeness (QED) is 0.671. The number of ether oxygens (including phenoxy) is 2. The first-order valence-corrected chi connectivity index (χ1v) is 11.4. The number of carbonyl (C=O) groups is 2. The average molecular weight is 457 g/mol.